The number of nitrogens with one attached hydrogen (secondary N) is 1. The molecule has 6 nitrogen and oxygen atoms in total. The zero-order valence-corrected chi connectivity index (χ0v) is 17.2. The lowest BCUT2D eigenvalue weighted by Crippen LogP contribution is -2.36. The van der Waals surface area contributed by atoms with E-state index < -0.39 is 18.4 Å². The topological polar surface area (TPSA) is 71.5 Å². The normalized spacial score (nSPS) is 10.8. The lowest BCUT2D eigenvalue weighted by molar-refractivity contribution is -0.142. The number of nitrogens with zero attached hydrogens (tertiary/aromatic N) is 2. The molecule has 2 heterocycles. The monoisotopic (exact) mass is 437 g/mol. The summed E-state index contributed by atoms with van der Waals surface area (Å²) in [6, 6.07) is 9.80. The van der Waals surface area contributed by atoms with Gasteiger partial charge in [-0.05, 0) is 36.8 Å². The third-order valence-corrected chi connectivity index (χ3v) is 5.61. The molecule has 2 aromatic heterocycles. The number of thiazole rings is 1. The number of aryl methyl sites for hydroxylation is 1. The van der Waals surface area contributed by atoms with Crippen LogP contribution < -0.4 is 10.1 Å². The first-order valence-corrected chi connectivity index (χ1v) is 10.1. The molecule has 29 heavy (non-hydrogen) atoms. The number of hydrogen-bond donors (Lipinski definition) is 1. The number of likely N-dealkylation sites (N-methyl/N-ethyl adjacent to an activating group) is 1. The van der Waals surface area contributed by atoms with E-state index in [1.807, 2.05) is 24.4 Å². The SMILES string of the molecule is Cc1ccc(-c2csc(NC(=O)C(=O)N(C)Cc3ccc(OC(F)F)cc3)n2)s1. The number of carbonyl (C=O) groups excluding carboxylic acids is 2. The maximum atomic E-state index is 12.3. The van der Waals surface area contributed by atoms with E-state index in [1.165, 1.54) is 35.4 Å². The highest BCUT2D eigenvalue weighted by molar-refractivity contribution is 7.17. The van der Waals surface area contributed by atoms with E-state index in [0.717, 1.165) is 15.4 Å². The molecule has 3 rings (SSSR count). The predicted molar refractivity (Wildman–Crippen MR) is 108 cm³/mol. The molecule has 0 fully saturated rings. The first kappa shape index (κ1) is 20.9. The van der Waals surface area contributed by atoms with Crippen LogP contribution in [0.25, 0.3) is 10.6 Å². The number of amides is 2. The average Bonchev–Trinajstić information content (AvgIpc) is 3.31. The van der Waals surface area contributed by atoms with Crippen molar-refractivity contribution in [1.82, 2.24) is 9.88 Å². The van der Waals surface area contributed by atoms with Crippen LogP contribution >= 0.6 is 22.7 Å². The van der Waals surface area contributed by atoms with Crippen molar-refractivity contribution >= 4 is 39.6 Å². The lowest BCUT2D eigenvalue weighted by Gasteiger charge is -2.16. The maximum Gasteiger partial charge on any atom is 0.387 e. The van der Waals surface area contributed by atoms with Crippen molar-refractivity contribution < 1.29 is 23.1 Å². The van der Waals surface area contributed by atoms with Crippen LogP contribution in [0.2, 0.25) is 0 Å². The fourth-order valence-corrected chi connectivity index (χ4v) is 4.07. The van der Waals surface area contributed by atoms with Gasteiger partial charge in [-0.1, -0.05) is 12.1 Å². The smallest absolute Gasteiger partial charge is 0.387 e. The van der Waals surface area contributed by atoms with Crippen LogP contribution in [0.4, 0.5) is 13.9 Å². The van der Waals surface area contributed by atoms with Crippen molar-refractivity contribution in [3.63, 3.8) is 0 Å². The largest absolute Gasteiger partial charge is 0.435 e. The predicted octanol–water partition coefficient (Wildman–Crippen LogP) is 4.38. The van der Waals surface area contributed by atoms with Crippen LogP contribution in [0, 0.1) is 6.92 Å². The van der Waals surface area contributed by atoms with E-state index in [0.29, 0.717) is 10.7 Å². The van der Waals surface area contributed by atoms with Crippen LogP contribution in [0.1, 0.15) is 10.4 Å². The Morgan fingerprint density at radius 2 is 1.93 bits per heavy atom. The van der Waals surface area contributed by atoms with Crippen molar-refractivity contribution in [3.05, 3.63) is 52.2 Å². The third kappa shape index (κ3) is 5.58. The number of halogens is 2. The molecule has 3 aromatic rings. The summed E-state index contributed by atoms with van der Waals surface area (Å²) in [6.07, 6.45) is 0. The Labute approximate surface area is 173 Å². The Kier molecular flexibility index (Phi) is 6.55. The molecule has 0 radical (unpaired) electrons. The van der Waals surface area contributed by atoms with Gasteiger partial charge in [-0.2, -0.15) is 8.78 Å². The van der Waals surface area contributed by atoms with Gasteiger partial charge in [0.15, 0.2) is 5.13 Å². The van der Waals surface area contributed by atoms with E-state index in [2.05, 4.69) is 15.0 Å². The fourth-order valence-electron chi connectivity index (χ4n) is 2.46. The minimum absolute atomic E-state index is 0.0241. The molecule has 0 spiro atoms. The Morgan fingerprint density at radius 3 is 2.55 bits per heavy atom. The average molecular weight is 437 g/mol. The van der Waals surface area contributed by atoms with Gasteiger partial charge in [0.25, 0.3) is 0 Å². The second kappa shape index (κ2) is 9.10. The van der Waals surface area contributed by atoms with E-state index in [1.54, 1.807) is 23.5 Å². The molecule has 0 unspecified atom stereocenters. The van der Waals surface area contributed by atoms with Crippen molar-refractivity contribution in [2.45, 2.75) is 20.1 Å². The highest BCUT2D eigenvalue weighted by atomic mass is 32.1. The van der Waals surface area contributed by atoms with Crippen molar-refractivity contribution in [2.75, 3.05) is 12.4 Å². The van der Waals surface area contributed by atoms with E-state index >= 15 is 0 Å². The van der Waals surface area contributed by atoms with Gasteiger partial charge in [0, 0.05) is 23.8 Å². The lowest BCUT2D eigenvalue weighted by atomic mass is 10.2. The van der Waals surface area contributed by atoms with Gasteiger partial charge in [0.1, 0.15) is 5.75 Å². The van der Waals surface area contributed by atoms with Crippen LogP contribution in [-0.4, -0.2) is 35.4 Å². The number of carbonyl (C=O) groups is 2. The minimum atomic E-state index is -2.90. The molecule has 1 N–H and O–H groups in total. The number of benzene rings is 1. The molecular formula is C19H17F2N3O3S2. The molecule has 1 aromatic carbocycles. The number of thiophene rings is 1. The number of aromatic nitrogens is 1. The van der Waals surface area contributed by atoms with Crippen molar-refractivity contribution in [3.8, 4) is 16.3 Å². The van der Waals surface area contributed by atoms with Gasteiger partial charge in [0.2, 0.25) is 0 Å². The van der Waals surface area contributed by atoms with Crippen LogP contribution in [-0.2, 0) is 16.1 Å². The van der Waals surface area contributed by atoms with Gasteiger partial charge in [-0.3, -0.25) is 14.9 Å². The van der Waals surface area contributed by atoms with Gasteiger partial charge in [0.05, 0.1) is 10.6 Å². The minimum Gasteiger partial charge on any atom is -0.435 e. The molecule has 0 saturated heterocycles. The second-order valence-corrected chi connectivity index (χ2v) is 8.23. The van der Waals surface area contributed by atoms with Gasteiger partial charge in [-0.15, -0.1) is 22.7 Å². The van der Waals surface area contributed by atoms with Gasteiger partial charge >= 0.3 is 18.4 Å². The number of anilines is 1. The summed E-state index contributed by atoms with van der Waals surface area (Å²) >= 11 is 2.83. The van der Waals surface area contributed by atoms with Crippen LogP contribution in [0.3, 0.4) is 0 Å². The summed E-state index contributed by atoms with van der Waals surface area (Å²) in [4.78, 5) is 32.3. The highest BCUT2D eigenvalue weighted by Crippen LogP contribution is 2.30. The first-order chi connectivity index (χ1) is 13.8. The van der Waals surface area contributed by atoms with Crippen molar-refractivity contribution in [2.24, 2.45) is 0 Å². The zero-order valence-electron chi connectivity index (χ0n) is 15.5. The Morgan fingerprint density at radius 1 is 1.21 bits per heavy atom. The molecule has 10 heteroatoms. The summed E-state index contributed by atoms with van der Waals surface area (Å²) in [7, 11) is 1.48. The molecular weight excluding hydrogens is 420 g/mol. The van der Waals surface area contributed by atoms with Gasteiger partial charge in [-0.25, -0.2) is 4.98 Å². The molecule has 0 saturated carbocycles. The van der Waals surface area contributed by atoms with E-state index in [9.17, 15) is 18.4 Å². The second-order valence-electron chi connectivity index (χ2n) is 6.09. The summed E-state index contributed by atoms with van der Waals surface area (Å²) in [5, 5.41) is 4.67. The van der Waals surface area contributed by atoms with E-state index in [4.69, 9.17) is 0 Å². The molecule has 2 amide bonds. The molecule has 0 aliphatic rings. The summed E-state index contributed by atoms with van der Waals surface area (Å²) in [5.41, 5.74) is 1.41. The number of ether oxygens (including phenoxy) is 1. The Bertz CT molecular complexity index is 1000. The first-order valence-electron chi connectivity index (χ1n) is 8.44. The third-order valence-electron chi connectivity index (χ3n) is 3.83. The number of rotatable bonds is 6. The Hall–Kier alpha value is -2.85. The maximum absolute atomic E-state index is 12.3. The van der Waals surface area contributed by atoms with Crippen LogP contribution in [0.5, 0.6) is 5.75 Å². The molecule has 0 bridgehead atoms. The molecule has 0 atom stereocenters. The number of hydrogen-bond acceptors (Lipinski definition) is 6. The number of alkyl halides is 2. The Balaban J connectivity index is 1.57. The molecule has 0 aliphatic heterocycles. The summed E-state index contributed by atoms with van der Waals surface area (Å²) in [5.74, 6) is -1.51. The zero-order chi connectivity index (χ0) is 21.0. The quantitative estimate of drug-likeness (QED) is 0.581. The van der Waals surface area contributed by atoms with E-state index in [-0.39, 0.29) is 12.3 Å². The van der Waals surface area contributed by atoms with Crippen LogP contribution in [0.15, 0.2) is 41.8 Å². The summed E-state index contributed by atoms with van der Waals surface area (Å²) in [6.45, 7) is -0.764. The molecule has 0 aliphatic carbocycles. The standard InChI is InChI=1S/C19H17F2N3O3S2/c1-11-3-8-15(29-11)14-10-28-19(22-14)23-16(25)17(26)24(2)9-12-4-6-13(7-5-12)27-18(20)21/h3-8,10,18H,9H2,1-2H3,(H,22,23,25). The van der Waals surface area contributed by atoms with Crippen molar-refractivity contribution in [1.29, 1.82) is 0 Å². The highest BCUT2D eigenvalue weighted by Gasteiger charge is 2.20. The van der Waals surface area contributed by atoms with Gasteiger partial charge < -0.3 is 9.64 Å². The molecule has 152 valence electrons. The fraction of sp³-hybridized carbons (Fsp3) is 0.211. The summed E-state index contributed by atoms with van der Waals surface area (Å²) < 4.78 is 28.6.